The summed E-state index contributed by atoms with van der Waals surface area (Å²) in [6, 6.07) is 20.0. The summed E-state index contributed by atoms with van der Waals surface area (Å²) < 4.78 is 5.19. The second kappa shape index (κ2) is 12.6. The lowest BCUT2D eigenvalue weighted by Crippen LogP contribution is -2.52. The molecule has 2 heterocycles. The van der Waals surface area contributed by atoms with Crippen LogP contribution in [0.25, 0.3) is 0 Å². The van der Waals surface area contributed by atoms with E-state index in [1.165, 1.54) is 18.4 Å². The molecule has 0 saturated carbocycles. The molecule has 6 nitrogen and oxygen atoms in total. The molecule has 3 unspecified atom stereocenters. The van der Waals surface area contributed by atoms with E-state index in [2.05, 4.69) is 57.8 Å². The Kier molecular flexibility index (Phi) is 9.82. The first kappa shape index (κ1) is 25.8. The summed E-state index contributed by atoms with van der Waals surface area (Å²) in [5.74, 6) is 1.58. The number of ether oxygens (including phenoxy) is 1. The van der Waals surface area contributed by atoms with Crippen molar-refractivity contribution in [3.63, 3.8) is 0 Å². The maximum Gasteiger partial charge on any atom is 0.191 e. The number of nitrogens with one attached hydrogen (secondary N) is 2. The van der Waals surface area contributed by atoms with Crippen LogP contribution >= 0.6 is 24.0 Å². The van der Waals surface area contributed by atoms with Gasteiger partial charge in [-0.25, -0.2) is 0 Å². The van der Waals surface area contributed by atoms with Crippen molar-refractivity contribution in [1.29, 1.82) is 0 Å². The van der Waals surface area contributed by atoms with Crippen LogP contribution in [0.1, 0.15) is 49.8 Å². The van der Waals surface area contributed by atoms with Crippen LogP contribution in [0.5, 0.6) is 5.75 Å². The van der Waals surface area contributed by atoms with E-state index in [1.54, 1.807) is 7.11 Å². The number of methoxy groups -OCH3 is 1. The summed E-state index contributed by atoms with van der Waals surface area (Å²) in [5.41, 5.74) is 2.25. The SMILES string of the molecule is CCNC(=NCC(O)c1ccc(OC)cc1)NC1CC2CCC(C1)N2Cc1ccccc1.I. The molecule has 7 heteroatoms. The predicted octanol–water partition coefficient (Wildman–Crippen LogP) is 4.10. The van der Waals surface area contributed by atoms with Gasteiger partial charge in [-0.3, -0.25) is 9.89 Å². The molecule has 3 N–H and O–H groups in total. The van der Waals surface area contributed by atoms with Gasteiger partial charge in [0.1, 0.15) is 5.75 Å². The third-order valence-electron chi connectivity index (χ3n) is 6.70. The highest BCUT2D eigenvalue weighted by Gasteiger charge is 2.40. The average Bonchev–Trinajstić information content (AvgIpc) is 3.05. The van der Waals surface area contributed by atoms with E-state index in [1.807, 2.05) is 24.3 Å². The molecular formula is C26H37IN4O2. The molecule has 0 radical (unpaired) electrons. The summed E-state index contributed by atoms with van der Waals surface area (Å²) in [7, 11) is 1.64. The third-order valence-corrected chi connectivity index (χ3v) is 6.70. The van der Waals surface area contributed by atoms with Crippen molar-refractivity contribution in [3.05, 3.63) is 65.7 Å². The average molecular weight is 565 g/mol. The Hall–Kier alpha value is -1.84. The van der Waals surface area contributed by atoms with Crippen LogP contribution in [0.3, 0.4) is 0 Å². The highest BCUT2D eigenvalue weighted by atomic mass is 127. The zero-order valence-electron chi connectivity index (χ0n) is 19.6. The van der Waals surface area contributed by atoms with E-state index < -0.39 is 6.10 Å². The minimum absolute atomic E-state index is 0. The van der Waals surface area contributed by atoms with Gasteiger partial charge in [-0.1, -0.05) is 42.5 Å². The summed E-state index contributed by atoms with van der Waals surface area (Å²) in [5, 5.41) is 17.6. The van der Waals surface area contributed by atoms with E-state index in [0.29, 0.717) is 24.7 Å². The first-order valence-corrected chi connectivity index (χ1v) is 11.8. The fraction of sp³-hybridized carbons (Fsp3) is 0.500. The lowest BCUT2D eigenvalue weighted by molar-refractivity contribution is 0.114. The summed E-state index contributed by atoms with van der Waals surface area (Å²) in [4.78, 5) is 7.38. The molecule has 2 saturated heterocycles. The molecule has 33 heavy (non-hydrogen) atoms. The fourth-order valence-corrected chi connectivity index (χ4v) is 5.07. The molecule has 0 spiro atoms. The number of hydrogen-bond acceptors (Lipinski definition) is 4. The number of halogens is 1. The van der Waals surface area contributed by atoms with Gasteiger partial charge in [-0.15, -0.1) is 24.0 Å². The van der Waals surface area contributed by atoms with Crippen LogP contribution < -0.4 is 15.4 Å². The van der Waals surface area contributed by atoms with E-state index in [9.17, 15) is 5.11 Å². The summed E-state index contributed by atoms with van der Waals surface area (Å²) >= 11 is 0. The van der Waals surface area contributed by atoms with Crippen molar-refractivity contribution >= 4 is 29.9 Å². The number of fused-ring (bicyclic) bond motifs is 2. The minimum atomic E-state index is -0.639. The number of aliphatic hydroxyl groups excluding tert-OH is 1. The van der Waals surface area contributed by atoms with Gasteiger partial charge in [-0.05, 0) is 55.9 Å². The molecule has 4 rings (SSSR count). The number of aliphatic imine (C=N–C) groups is 1. The predicted molar refractivity (Wildman–Crippen MR) is 144 cm³/mol. The maximum absolute atomic E-state index is 10.6. The number of rotatable bonds is 8. The van der Waals surface area contributed by atoms with E-state index >= 15 is 0 Å². The van der Waals surface area contributed by atoms with Crippen LogP contribution in [-0.4, -0.2) is 54.3 Å². The zero-order valence-corrected chi connectivity index (χ0v) is 21.9. The third kappa shape index (κ3) is 6.83. The Bertz CT molecular complexity index is 864. The standard InChI is InChI=1S/C26H36N4O2.HI/c1-3-27-26(28-17-25(31)20-9-13-24(32-2)14-10-20)29-21-15-22-11-12-23(16-21)30(22)18-19-7-5-4-6-8-19;/h4-10,13-14,21-23,25,31H,3,11-12,15-18H2,1-2H3,(H2,27,28,29);1H. The number of piperidine rings is 1. The van der Waals surface area contributed by atoms with Crippen LogP contribution in [0.4, 0.5) is 0 Å². The van der Waals surface area contributed by atoms with Gasteiger partial charge in [0, 0.05) is 31.2 Å². The van der Waals surface area contributed by atoms with Crippen molar-refractivity contribution in [1.82, 2.24) is 15.5 Å². The second-order valence-corrected chi connectivity index (χ2v) is 8.86. The van der Waals surface area contributed by atoms with Crippen molar-refractivity contribution in [2.75, 3.05) is 20.2 Å². The summed E-state index contributed by atoms with van der Waals surface area (Å²) in [6.07, 6.45) is 4.18. The molecule has 0 amide bonds. The van der Waals surface area contributed by atoms with Crippen molar-refractivity contribution in [2.24, 2.45) is 4.99 Å². The number of aliphatic hydroxyl groups is 1. The molecule has 2 aliphatic rings. The Morgan fingerprint density at radius 1 is 1.09 bits per heavy atom. The molecule has 0 aliphatic carbocycles. The highest BCUT2D eigenvalue weighted by molar-refractivity contribution is 14.0. The molecule has 3 atom stereocenters. The van der Waals surface area contributed by atoms with Crippen LogP contribution in [-0.2, 0) is 6.54 Å². The van der Waals surface area contributed by atoms with Gasteiger partial charge in [0.05, 0.1) is 19.8 Å². The number of guanidine groups is 1. The molecule has 2 fully saturated rings. The quantitative estimate of drug-likeness (QED) is 0.256. The molecule has 2 aromatic rings. The van der Waals surface area contributed by atoms with Crippen molar-refractivity contribution < 1.29 is 9.84 Å². The normalized spacial score (nSPS) is 23.5. The molecule has 0 aromatic heterocycles. The topological polar surface area (TPSA) is 69.1 Å². The number of hydrogen-bond donors (Lipinski definition) is 3. The molecule has 2 aliphatic heterocycles. The molecule has 180 valence electrons. The van der Waals surface area contributed by atoms with Crippen LogP contribution in [0.15, 0.2) is 59.6 Å². The van der Waals surface area contributed by atoms with Gasteiger partial charge in [0.15, 0.2) is 5.96 Å². The van der Waals surface area contributed by atoms with Crippen LogP contribution in [0, 0.1) is 0 Å². The van der Waals surface area contributed by atoms with Gasteiger partial charge in [0.2, 0.25) is 0 Å². The van der Waals surface area contributed by atoms with Crippen LogP contribution in [0.2, 0.25) is 0 Å². The monoisotopic (exact) mass is 564 g/mol. The van der Waals surface area contributed by atoms with Gasteiger partial charge < -0.3 is 20.5 Å². The van der Waals surface area contributed by atoms with Gasteiger partial charge in [0.25, 0.3) is 0 Å². The number of benzene rings is 2. The van der Waals surface area contributed by atoms with E-state index in [4.69, 9.17) is 4.74 Å². The van der Waals surface area contributed by atoms with E-state index in [-0.39, 0.29) is 24.0 Å². The first-order valence-electron chi connectivity index (χ1n) is 11.8. The summed E-state index contributed by atoms with van der Waals surface area (Å²) in [6.45, 7) is 4.24. The fourth-order valence-electron chi connectivity index (χ4n) is 5.07. The smallest absolute Gasteiger partial charge is 0.191 e. The maximum atomic E-state index is 10.6. The Balaban J connectivity index is 0.00000306. The minimum Gasteiger partial charge on any atom is -0.497 e. The largest absolute Gasteiger partial charge is 0.497 e. The number of nitrogens with zero attached hydrogens (tertiary/aromatic N) is 2. The van der Waals surface area contributed by atoms with E-state index in [0.717, 1.165) is 43.2 Å². The Labute approximate surface area is 214 Å². The lowest BCUT2D eigenvalue weighted by Gasteiger charge is -2.39. The first-order chi connectivity index (χ1) is 15.7. The molecular weight excluding hydrogens is 527 g/mol. The zero-order chi connectivity index (χ0) is 22.3. The molecule has 2 bridgehead atoms. The van der Waals surface area contributed by atoms with Crippen molar-refractivity contribution in [3.8, 4) is 5.75 Å². The van der Waals surface area contributed by atoms with Crippen molar-refractivity contribution in [2.45, 2.75) is 63.4 Å². The van der Waals surface area contributed by atoms with Gasteiger partial charge >= 0.3 is 0 Å². The lowest BCUT2D eigenvalue weighted by atomic mass is 9.96. The second-order valence-electron chi connectivity index (χ2n) is 8.86. The highest BCUT2D eigenvalue weighted by Crippen LogP contribution is 2.36. The Morgan fingerprint density at radius 2 is 1.76 bits per heavy atom. The molecule has 2 aromatic carbocycles. The Morgan fingerprint density at radius 3 is 2.36 bits per heavy atom. The van der Waals surface area contributed by atoms with Gasteiger partial charge in [-0.2, -0.15) is 0 Å².